The number of carbonyl (C=O) groups is 2. The van der Waals surface area contributed by atoms with Crippen LogP contribution in [0.3, 0.4) is 0 Å². The van der Waals surface area contributed by atoms with Gasteiger partial charge in [-0.15, -0.1) is 0 Å². The number of esters is 1. The Morgan fingerprint density at radius 2 is 1.71 bits per heavy atom. The summed E-state index contributed by atoms with van der Waals surface area (Å²) in [5, 5.41) is 10.2. The van der Waals surface area contributed by atoms with E-state index in [9.17, 15) is 14.7 Å². The molecule has 5 nitrogen and oxygen atoms in total. The van der Waals surface area contributed by atoms with Crippen molar-refractivity contribution in [3.8, 4) is 0 Å². The number of carboxylic acids is 1. The predicted octanol–water partition coefficient (Wildman–Crippen LogP) is 3.08. The fourth-order valence-electron chi connectivity index (χ4n) is 2.14. The third kappa shape index (κ3) is 2.97. The molecule has 2 aromatic rings. The van der Waals surface area contributed by atoms with E-state index in [1.807, 2.05) is 0 Å². The second-order valence-electron chi connectivity index (χ2n) is 5.74. The van der Waals surface area contributed by atoms with Gasteiger partial charge in [0, 0.05) is 5.69 Å². The van der Waals surface area contributed by atoms with E-state index in [4.69, 9.17) is 10.5 Å². The van der Waals surface area contributed by atoms with Gasteiger partial charge in [-0.1, -0.05) is 24.3 Å². The number of ether oxygens (including phenoxy) is 1. The molecule has 0 saturated carbocycles. The molecule has 0 radical (unpaired) electrons. The van der Waals surface area contributed by atoms with Crippen molar-refractivity contribution >= 4 is 28.4 Å². The first-order valence-electron chi connectivity index (χ1n) is 6.48. The lowest BCUT2D eigenvalue weighted by atomic mass is 9.97. The second-order valence-corrected chi connectivity index (χ2v) is 5.74. The molecule has 0 aliphatic heterocycles. The van der Waals surface area contributed by atoms with Gasteiger partial charge in [0.25, 0.3) is 0 Å². The van der Waals surface area contributed by atoms with Gasteiger partial charge in [0.15, 0.2) is 0 Å². The highest BCUT2D eigenvalue weighted by Gasteiger charge is 2.23. The summed E-state index contributed by atoms with van der Waals surface area (Å²) < 4.78 is 5.35. The van der Waals surface area contributed by atoms with E-state index in [1.165, 1.54) is 6.07 Å². The van der Waals surface area contributed by atoms with Gasteiger partial charge >= 0.3 is 11.9 Å². The maximum absolute atomic E-state index is 12.3. The van der Waals surface area contributed by atoms with Crippen LogP contribution in [0.4, 0.5) is 5.69 Å². The van der Waals surface area contributed by atoms with E-state index in [0.29, 0.717) is 10.8 Å². The van der Waals surface area contributed by atoms with Gasteiger partial charge in [-0.05, 0) is 37.6 Å². The molecule has 3 N–H and O–H groups in total. The van der Waals surface area contributed by atoms with Crippen LogP contribution in [-0.4, -0.2) is 22.6 Å². The summed E-state index contributed by atoms with van der Waals surface area (Å²) in [6.45, 7) is 5.30. The molecule has 0 bridgehead atoms. The Labute approximate surface area is 122 Å². The molecule has 0 spiro atoms. The largest absolute Gasteiger partial charge is 0.478 e. The Balaban J connectivity index is 2.69. The molecule has 0 saturated heterocycles. The van der Waals surface area contributed by atoms with E-state index >= 15 is 0 Å². The summed E-state index contributed by atoms with van der Waals surface area (Å²) in [5.74, 6) is -1.65. The molecule has 0 aliphatic rings. The standard InChI is InChI=1S/C16H17NO4/c1-16(2,3)21-15(20)11-8-12(17)13(14(18)19)10-7-5-4-6-9(10)11/h4-8H,17H2,1-3H3,(H,18,19). The molecular weight excluding hydrogens is 270 g/mol. The molecule has 0 fully saturated rings. The van der Waals surface area contributed by atoms with Crippen LogP contribution in [0.1, 0.15) is 41.5 Å². The van der Waals surface area contributed by atoms with Crippen LogP contribution in [-0.2, 0) is 4.74 Å². The molecule has 2 aromatic carbocycles. The molecule has 0 aliphatic carbocycles. The predicted molar refractivity (Wildman–Crippen MR) is 80.5 cm³/mol. The van der Waals surface area contributed by atoms with E-state index in [-0.39, 0.29) is 16.8 Å². The lowest BCUT2D eigenvalue weighted by Gasteiger charge is -2.20. The lowest BCUT2D eigenvalue weighted by molar-refractivity contribution is 0.00715. The smallest absolute Gasteiger partial charge is 0.339 e. The minimum atomic E-state index is -1.13. The third-order valence-corrected chi connectivity index (χ3v) is 2.91. The summed E-state index contributed by atoms with van der Waals surface area (Å²) in [4.78, 5) is 23.6. The van der Waals surface area contributed by atoms with Crippen LogP contribution >= 0.6 is 0 Å². The van der Waals surface area contributed by atoms with Crippen LogP contribution in [0.25, 0.3) is 10.8 Å². The van der Waals surface area contributed by atoms with Crippen LogP contribution in [0.5, 0.6) is 0 Å². The summed E-state index contributed by atoms with van der Waals surface area (Å²) in [7, 11) is 0. The summed E-state index contributed by atoms with van der Waals surface area (Å²) in [6, 6.07) is 8.11. The highest BCUT2D eigenvalue weighted by atomic mass is 16.6. The van der Waals surface area contributed by atoms with E-state index < -0.39 is 17.5 Å². The Kier molecular flexibility index (Phi) is 3.60. The van der Waals surface area contributed by atoms with Gasteiger partial charge in [0.2, 0.25) is 0 Å². The van der Waals surface area contributed by atoms with Crippen molar-refractivity contribution in [3.05, 3.63) is 41.5 Å². The zero-order chi connectivity index (χ0) is 15.8. The first-order chi connectivity index (χ1) is 9.70. The van der Waals surface area contributed by atoms with Gasteiger partial charge in [-0.25, -0.2) is 9.59 Å². The monoisotopic (exact) mass is 287 g/mol. The van der Waals surface area contributed by atoms with Crippen molar-refractivity contribution in [3.63, 3.8) is 0 Å². The number of carbonyl (C=O) groups excluding carboxylic acids is 1. The average molecular weight is 287 g/mol. The number of hydrogen-bond acceptors (Lipinski definition) is 4. The second kappa shape index (κ2) is 5.09. The molecular formula is C16H17NO4. The molecule has 21 heavy (non-hydrogen) atoms. The Morgan fingerprint density at radius 1 is 1.14 bits per heavy atom. The van der Waals surface area contributed by atoms with Gasteiger partial charge in [-0.3, -0.25) is 0 Å². The molecule has 2 rings (SSSR count). The van der Waals surface area contributed by atoms with Crippen molar-refractivity contribution < 1.29 is 19.4 Å². The normalized spacial score (nSPS) is 11.4. The third-order valence-electron chi connectivity index (χ3n) is 2.91. The minimum Gasteiger partial charge on any atom is -0.478 e. The molecule has 0 atom stereocenters. The van der Waals surface area contributed by atoms with Crippen LogP contribution < -0.4 is 5.73 Å². The Bertz CT molecular complexity index is 729. The number of hydrogen-bond donors (Lipinski definition) is 2. The Morgan fingerprint density at radius 3 is 2.24 bits per heavy atom. The number of anilines is 1. The maximum Gasteiger partial charge on any atom is 0.339 e. The topological polar surface area (TPSA) is 89.6 Å². The number of aromatic carboxylic acids is 1. The van der Waals surface area contributed by atoms with Crippen LogP contribution in [0.2, 0.25) is 0 Å². The lowest BCUT2D eigenvalue weighted by Crippen LogP contribution is -2.24. The fraction of sp³-hybridized carbons (Fsp3) is 0.250. The van der Waals surface area contributed by atoms with Gasteiger partial charge in [0.1, 0.15) is 5.60 Å². The number of nitrogens with two attached hydrogens (primary N) is 1. The number of nitrogen functional groups attached to an aromatic ring is 1. The Hall–Kier alpha value is -2.56. The summed E-state index contributed by atoms with van der Waals surface area (Å²) in [6.07, 6.45) is 0. The zero-order valence-corrected chi connectivity index (χ0v) is 12.1. The van der Waals surface area contributed by atoms with Gasteiger partial charge < -0.3 is 15.6 Å². The van der Waals surface area contributed by atoms with E-state index in [1.54, 1.807) is 45.0 Å². The SMILES string of the molecule is CC(C)(C)OC(=O)c1cc(N)c(C(=O)O)c2ccccc12. The molecule has 0 aromatic heterocycles. The van der Waals surface area contributed by atoms with Crippen molar-refractivity contribution in [1.82, 2.24) is 0 Å². The highest BCUT2D eigenvalue weighted by Crippen LogP contribution is 2.29. The van der Waals surface area contributed by atoms with Crippen molar-refractivity contribution in [2.75, 3.05) is 5.73 Å². The van der Waals surface area contributed by atoms with Crippen molar-refractivity contribution in [2.24, 2.45) is 0 Å². The number of fused-ring (bicyclic) bond motifs is 1. The minimum absolute atomic E-state index is 0.00194. The van der Waals surface area contributed by atoms with E-state index in [0.717, 1.165) is 0 Å². The summed E-state index contributed by atoms with van der Waals surface area (Å²) >= 11 is 0. The van der Waals surface area contributed by atoms with Crippen LogP contribution in [0, 0.1) is 0 Å². The molecule has 0 heterocycles. The zero-order valence-electron chi connectivity index (χ0n) is 12.1. The number of benzene rings is 2. The summed E-state index contributed by atoms with van der Waals surface area (Å²) in [5.41, 5.74) is 5.47. The molecule has 5 heteroatoms. The molecule has 110 valence electrons. The van der Waals surface area contributed by atoms with Crippen LogP contribution in [0.15, 0.2) is 30.3 Å². The molecule has 0 amide bonds. The maximum atomic E-state index is 12.3. The molecule has 0 unspecified atom stereocenters. The van der Waals surface area contributed by atoms with Crippen molar-refractivity contribution in [2.45, 2.75) is 26.4 Å². The highest BCUT2D eigenvalue weighted by molar-refractivity contribution is 6.14. The van der Waals surface area contributed by atoms with Crippen molar-refractivity contribution in [1.29, 1.82) is 0 Å². The number of carboxylic acid groups (broad SMARTS) is 1. The number of rotatable bonds is 2. The fourth-order valence-corrected chi connectivity index (χ4v) is 2.14. The quantitative estimate of drug-likeness (QED) is 0.654. The average Bonchev–Trinajstić information content (AvgIpc) is 2.35. The van der Waals surface area contributed by atoms with E-state index in [2.05, 4.69) is 0 Å². The first kappa shape index (κ1) is 14.8. The van der Waals surface area contributed by atoms with Gasteiger partial charge in [-0.2, -0.15) is 0 Å². The first-order valence-corrected chi connectivity index (χ1v) is 6.48. The van der Waals surface area contributed by atoms with Gasteiger partial charge in [0.05, 0.1) is 11.1 Å².